The minimum atomic E-state index is -0.883. The lowest BCUT2D eigenvalue weighted by Gasteiger charge is -2.25. The zero-order chi connectivity index (χ0) is 13.2. The SMILES string of the molecule is O=C(O)C1CCC(c2nncn2C2CCCCC2)O1. The van der Waals surface area contributed by atoms with Gasteiger partial charge in [0, 0.05) is 6.04 Å². The summed E-state index contributed by atoms with van der Waals surface area (Å²) in [7, 11) is 0. The van der Waals surface area contributed by atoms with Gasteiger partial charge in [-0.1, -0.05) is 19.3 Å². The molecule has 0 bridgehead atoms. The number of carboxylic acid groups (broad SMARTS) is 1. The van der Waals surface area contributed by atoms with Gasteiger partial charge in [-0.05, 0) is 25.7 Å². The van der Waals surface area contributed by atoms with Gasteiger partial charge in [-0.2, -0.15) is 0 Å². The Labute approximate surface area is 111 Å². The maximum absolute atomic E-state index is 10.9. The van der Waals surface area contributed by atoms with E-state index in [0.29, 0.717) is 18.9 Å². The maximum Gasteiger partial charge on any atom is 0.332 e. The van der Waals surface area contributed by atoms with Gasteiger partial charge >= 0.3 is 5.97 Å². The fraction of sp³-hybridized carbons (Fsp3) is 0.769. The van der Waals surface area contributed by atoms with Crippen molar-refractivity contribution in [2.24, 2.45) is 0 Å². The molecular formula is C13H19N3O3. The molecule has 6 heteroatoms. The third kappa shape index (κ3) is 2.49. The van der Waals surface area contributed by atoms with Gasteiger partial charge in [-0.25, -0.2) is 4.79 Å². The quantitative estimate of drug-likeness (QED) is 0.905. The molecule has 1 aromatic heterocycles. The van der Waals surface area contributed by atoms with Crippen molar-refractivity contribution in [3.8, 4) is 0 Å². The summed E-state index contributed by atoms with van der Waals surface area (Å²) in [6.07, 6.45) is 8.21. The highest BCUT2D eigenvalue weighted by molar-refractivity contribution is 5.72. The number of aliphatic carboxylic acids is 1. The van der Waals surface area contributed by atoms with E-state index in [1.807, 2.05) is 0 Å². The molecule has 0 aromatic carbocycles. The van der Waals surface area contributed by atoms with Gasteiger partial charge in [0.2, 0.25) is 0 Å². The van der Waals surface area contributed by atoms with Crippen molar-refractivity contribution < 1.29 is 14.6 Å². The van der Waals surface area contributed by atoms with E-state index in [0.717, 1.165) is 18.7 Å². The Kier molecular flexibility index (Phi) is 3.50. The predicted molar refractivity (Wildman–Crippen MR) is 66.6 cm³/mol. The van der Waals surface area contributed by atoms with Crippen LogP contribution in [-0.2, 0) is 9.53 Å². The smallest absolute Gasteiger partial charge is 0.332 e. The molecule has 1 saturated carbocycles. The van der Waals surface area contributed by atoms with Crippen molar-refractivity contribution in [2.45, 2.75) is 63.2 Å². The maximum atomic E-state index is 10.9. The second-order valence-electron chi connectivity index (χ2n) is 5.42. The van der Waals surface area contributed by atoms with Crippen LogP contribution in [-0.4, -0.2) is 31.9 Å². The Balaban J connectivity index is 1.75. The molecule has 2 atom stereocenters. The van der Waals surface area contributed by atoms with Crippen molar-refractivity contribution in [3.63, 3.8) is 0 Å². The molecule has 0 amide bonds. The van der Waals surface area contributed by atoms with Crippen molar-refractivity contribution in [1.82, 2.24) is 14.8 Å². The van der Waals surface area contributed by atoms with Crippen LogP contribution in [0.5, 0.6) is 0 Å². The van der Waals surface area contributed by atoms with Crippen molar-refractivity contribution >= 4 is 5.97 Å². The Hall–Kier alpha value is -1.43. The average Bonchev–Trinajstić information content (AvgIpc) is 3.08. The Morgan fingerprint density at radius 1 is 1.26 bits per heavy atom. The van der Waals surface area contributed by atoms with Crippen LogP contribution in [0.15, 0.2) is 6.33 Å². The van der Waals surface area contributed by atoms with Crippen LogP contribution >= 0.6 is 0 Å². The molecule has 1 N–H and O–H groups in total. The summed E-state index contributed by atoms with van der Waals surface area (Å²) < 4.78 is 7.68. The van der Waals surface area contributed by atoms with Crippen LogP contribution in [0, 0.1) is 0 Å². The first-order chi connectivity index (χ1) is 9.25. The number of hydrogen-bond acceptors (Lipinski definition) is 4. The molecule has 1 aromatic rings. The Morgan fingerprint density at radius 3 is 2.74 bits per heavy atom. The van der Waals surface area contributed by atoms with Crippen LogP contribution in [0.25, 0.3) is 0 Å². The second-order valence-corrected chi connectivity index (χ2v) is 5.42. The molecule has 6 nitrogen and oxygen atoms in total. The van der Waals surface area contributed by atoms with Gasteiger partial charge in [0.15, 0.2) is 11.9 Å². The van der Waals surface area contributed by atoms with Crippen LogP contribution in [0.1, 0.15) is 62.9 Å². The largest absolute Gasteiger partial charge is 0.479 e. The monoisotopic (exact) mass is 265 g/mol. The lowest BCUT2D eigenvalue weighted by Crippen LogP contribution is -2.20. The molecular weight excluding hydrogens is 246 g/mol. The molecule has 1 saturated heterocycles. The topological polar surface area (TPSA) is 77.2 Å². The normalized spacial score (nSPS) is 28.6. The summed E-state index contributed by atoms with van der Waals surface area (Å²) in [5.41, 5.74) is 0. The van der Waals surface area contributed by atoms with Gasteiger partial charge in [-0.3, -0.25) is 0 Å². The Bertz CT molecular complexity index is 454. The van der Waals surface area contributed by atoms with Gasteiger partial charge < -0.3 is 14.4 Å². The standard InChI is InChI=1S/C13H19N3O3/c17-13(18)11-7-6-10(19-11)12-15-14-8-16(12)9-4-2-1-3-5-9/h8-11H,1-7H2,(H,17,18). The summed E-state index contributed by atoms with van der Waals surface area (Å²) in [5.74, 6) is -0.0816. The summed E-state index contributed by atoms with van der Waals surface area (Å²) >= 11 is 0. The summed E-state index contributed by atoms with van der Waals surface area (Å²) in [6, 6.07) is 0.450. The summed E-state index contributed by atoms with van der Waals surface area (Å²) in [4.78, 5) is 10.9. The second kappa shape index (κ2) is 5.28. The van der Waals surface area contributed by atoms with Gasteiger partial charge in [0.1, 0.15) is 12.4 Å². The first-order valence-electron chi connectivity index (χ1n) is 7.03. The number of ether oxygens (including phenoxy) is 1. The Morgan fingerprint density at radius 2 is 2.05 bits per heavy atom. The molecule has 2 heterocycles. The number of nitrogens with zero attached hydrogens (tertiary/aromatic N) is 3. The van der Waals surface area contributed by atoms with Gasteiger partial charge in [-0.15, -0.1) is 10.2 Å². The lowest BCUT2D eigenvalue weighted by molar-refractivity contribution is -0.149. The molecule has 2 unspecified atom stereocenters. The zero-order valence-corrected chi connectivity index (χ0v) is 10.9. The summed E-state index contributed by atoms with van der Waals surface area (Å²) in [6.45, 7) is 0. The summed E-state index contributed by atoms with van der Waals surface area (Å²) in [5, 5.41) is 17.1. The van der Waals surface area contributed by atoms with Crippen LogP contribution in [0.4, 0.5) is 0 Å². The first kappa shape index (κ1) is 12.6. The zero-order valence-electron chi connectivity index (χ0n) is 10.9. The van der Waals surface area contributed by atoms with E-state index in [1.165, 1.54) is 19.3 Å². The molecule has 104 valence electrons. The van der Waals surface area contributed by atoms with E-state index >= 15 is 0 Å². The van der Waals surface area contributed by atoms with Gasteiger partial charge in [0.05, 0.1) is 0 Å². The number of aromatic nitrogens is 3. The highest BCUT2D eigenvalue weighted by Crippen LogP contribution is 2.35. The van der Waals surface area contributed by atoms with E-state index in [-0.39, 0.29) is 6.10 Å². The molecule has 0 spiro atoms. The molecule has 2 fully saturated rings. The number of hydrogen-bond donors (Lipinski definition) is 1. The molecule has 3 rings (SSSR count). The highest BCUT2D eigenvalue weighted by Gasteiger charge is 2.35. The van der Waals surface area contributed by atoms with E-state index < -0.39 is 12.1 Å². The van der Waals surface area contributed by atoms with E-state index in [2.05, 4.69) is 14.8 Å². The molecule has 1 aliphatic carbocycles. The number of carbonyl (C=O) groups is 1. The molecule has 19 heavy (non-hydrogen) atoms. The number of rotatable bonds is 3. The minimum absolute atomic E-state index is 0.217. The first-order valence-corrected chi connectivity index (χ1v) is 7.03. The highest BCUT2D eigenvalue weighted by atomic mass is 16.5. The fourth-order valence-electron chi connectivity index (χ4n) is 3.13. The van der Waals surface area contributed by atoms with Gasteiger partial charge in [0.25, 0.3) is 0 Å². The fourth-order valence-corrected chi connectivity index (χ4v) is 3.13. The lowest BCUT2D eigenvalue weighted by atomic mass is 9.95. The van der Waals surface area contributed by atoms with Crippen molar-refractivity contribution in [3.05, 3.63) is 12.2 Å². The van der Waals surface area contributed by atoms with Crippen molar-refractivity contribution in [1.29, 1.82) is 0 Å². The van der Waals surface area contributed by atoms with Crippen LogP contribution in [0.3, 0.4) is 0 Å². The molecule has 2 aliphatic rings. The molecule has 1 aliphatic heterocycles. The minimum Gasteiger partial charge on any atom is -0.479 e. The van der Waals surface area contributed by atoms with E-state index in [4.69, 9.17) is 9.84 Å². The predicted octanol–water partition coefficient (Wildman–Crippen LogP) is 2.09. The third-order valence-corrected chi connectivity index (χ3v) is 4.15. The van der Waals surface area contributed by atoms with E-state index in [1.54, 1.807) is 6.33 Å². The van der Waals surface area contributed by atoms with Crippen molar-refractivity contribution in [2.75, 3.05) is 0 Å². The molecule has 0 radical (unpaired) electrons. The van der Waals surface area contributed by atoms with Crippen LogP contribution < -0.4 is 0 Å². The third-order valence-electron chi connectivity index (χ3n) is 4.15. The number of carboxylic acids is 1. The average molecular weight is 265 g/mol. The van der Waals surface area contributed by atoms with Crippen LogP contribution in [0.2, 0.25) is 0 Å². The van der Waals surface area contributed by atoms with E-state index in [9.17, 15) is 4.79 Å².